The largest absolute Gasteiger partial charge is 0.508 e. The smallest absolute Gasteiger partial charge is 0.115 e. The minimum Gasteiger partial charge on any atom is -0.508 e. The fourth-order valence-corrected chi connectivity index (χ4v) is 8.55. The minimum absolute atomic E-state index is 0.278. The van der Waals surface area contributed by atoms with Crippen LogP contribution in [-0.4, -0.2) is 46.2 Å². The molecule has 2 aromatic rings. The van der Waals surface area contributed by atoms with E-state index in [9.17, 15) is 10.2 Å². The van der Waals surface area contributed by atoms with Crippen LogP contribution in [0.25, 0.3) is 0 Å². The molecule has 2 aromatic carbocycles. The Morgan fingerprint density at radius 1 is 0.462 bits per heavy atom. The summed E-state index contributed by atoms with van der Waals surface area (Å²) in [6, 6.07) is 17.0. The lowest BCUT2D eigenvalue weighted by atomic mass is 9.86. The van der Waals surface area contributed by atoms with Crippen LogP contribution in [0.1, 0.15) is 194 Å². The van der Waals surface area contributed by atoms with E-state index < -0.39 is 0 Å². The van der Waals surface area contributed by atoms with Crippen molar-refractivity contribution in [3.63, 3.8) is 0 Å². The molecule has 0 heterocycles. The van der Waals surface area contributed by atoms with Gasteiger partial charge in [-0.3, -0.25) is 9.80 Å². The zero-order valence-electron chi connectivity index (χ0n) is 35.4. The summed E-state index contributed by atoms with van der Waals surface area (Å²) in [4.78, 5) is 5.72. The van der Waals surface area contributed by atoms with Crippen molar-refractivity contribution in [2.24, 2.45) is 23.7 Å². The van der Waals surface area contributed by atoms with E-state index >= 15 is 0 Å². The SMILES string of the molecule is CCCCC(CC)CC(c1cccc(O)c1)N(CCN(CC(CC)CCCC)C(CC(CC)CCCC)c1cccc(O)c1)CC(CC)CCCC. The van der Waals surface area contributed by atoms with Crippen LogP contribution in [0.15, 0.2) is 48.5 Å². The third-order valence-electron chi connectivity index (χ3n) is 12.3. The van der Waals surface area contributed by atoms with Gasteiger partial charge in [-0.2, -0.15) is 0 Å². The van der Waals surface area contributed by atoms with Crippen molar-refractivity contribution < 1.29 is 10.2 Å². The first-order valence-electron chi connectivity index (χ1n) is 22.3. The molecule has 298 valence electrons. The van der Waals surface area contributed by atoms with Gasteiger partial charge in [0.2, 0.25) is 0 Å². The maximum atomic E-state index is 10.8. The Balaban J connectivity index is 2.67. The van der Waals surface area contributed by atoms with Crippen LogP contribution >= 0.6 is 0 Å². The molecule has 0 saturated heterocycles. The highest BCUT2D eigenvalue weighted by molar-refractivity contribution is 5.30. The van der Waals surface area contributed by atoms with Gasteiger partial charge in [0, 0.05) is 38.3 Å². The second-order valence-corrected chi connectivity index (χ2v) is 16.3. The standard InChI is InChI=1S/C48H84N2O2/c1-9-17-23-39(13-5)33-47(43-27-21-29-45(51)35-43)49(37-41(15-7)25-19-11-3)31-32-50(38-42(16-8)26-20-12-4)48(34-40(14-6)24-18-10-2)44-28-22-30-46(52)36-44/h21-22,27-30,35-36,39-42,47-48,51-52H,9-20,23-26,31-34,37-38H2,1-8H3. The zero-order valence-corrected chi connectivity index (χ0v) is 35.4. The molecule has 6 unspecified atom stereocenters. The van der Waals surface area contributed by atoms with E-state index in [1.54, 1.807) is 0 Å². The number of unbranched alkanes of at least 4 members (excludes halogenated alkanes) is 4. The van der Waals surface area contributed by atoms with Crippen LogP contribution in [0.5, 0.6) is 11.5 Å². The molecule has 2 rings (SSSR count). The van der Waals surface area contributed by atoms with Gasteiger partial charge in [-0.25, -0.2) is 0 Å². The molecule has 0 bridgehead atoms. The summed E-state index contributed by atoms with van der Waals surface area (Å²) < 4.78 is 0. The Morgan fingerprint density at radius 2 is 0.788 bits per heavy atom. The second-order valence-electron chi connectivity index (χ2n) is 16.3. The second kappa shape index (κ2) is 27.5. The van der Waals surface area contributed by atoms with E-state index in [0.717, 1.165) is 39.0 Å². The molecule has 0 saturated carbocycles. The first kappa shape index (κ1) is 46.1. The van der Waals surface area contributed by atoms with Gasteiger partial charge in [0.05, 0.1) is 0 Å². The predicted molar refractivity (Wildman–Crippen MR) is 227 cm³/mol. The van der Waals surface area contributed by atoms with Gasteiger partial charge in [-0.15, -0.1) is 0 Å². The van der Waals surface area contributed by atoms with Gasteiger partial charge in [-0.05, 0) is 84.7 Å². The normalized spacial score (nSPS) is 15.5. The van der Waals surface area contributed by atoms with E-state index in [2.05, 4.69) is 102 Å². The Hall–Kier alpha value is -2.04. The Labute approximate surface area is 323 Å². The summed E-state index contributed by atoms with van der Waals surface area (Å²) in [7, 11) is 0. The number of rotatable bonds is 31. The van der Waals surface area contributed by atoms with Crippen molar-refractivity contribution in [2.45, 2.75) is 183 Å². The molecule has 0 aliphatic heterocycles. The van der Waals surface area contributed by atoms with Gasteiger partial charge in [0.25, 0.3) is 0 Å². The highest BCUT2D eigenvalue weighted by Gasteiger charge is 2.30. The highest BCUT2D eigenvalue weighted by Crippen LogP contribution is 2.37. The van der Waals surface area contributed by atoms with Crippen LogP contribution in [0.4, 0.5) is 0 Å². The summed E-state index contributed by atoms with van der Waals surface area (Å²) in [5, 5.41) is 21.6. The van der Waals surface area contributed by atoms with Crippen LogP contribution in [0, 0.1) is 23.7 Å². The molecule has 4 nitrogen and oxygen atoms in total. The first-order chi connectivity index (χ1) is 25.3. The quantitative estimate of drug-likeness (QED) is 0.0814. The number of hydrogen-bond donors (Lipinski definition) is 2. The Kier molecular flexibility index (Phi) is 24.4. The number of hydrogen-bond acceptors (Lipinski definition) is 4. The van der Waals surface area contributed by atoms with Gasteiger partial charge < -0.3 is 10.2 Å². The summed E-state index contributed by atoms with van der Waals surface area (Å²) in [5.74, 6) is 3.43. The molecular formula is C48H84N2O2. The zero-order chi connectivity index (χ0) is 38.1. The van der Waals surface area contributed by atoms with Crippen molar-refractivity contribution in [1.29, 1.82) is 0 Å². The van der Waals surface area contributed by atoms with Gasteiger partial charge in [0.1, 0.15) is 11.5 Å². The molecule has 52 heavy (non-hydrogen) atoms. The first-order valence-corrected chi connectivity index (χ1v) is 22.3. The lowest BCUT2D eigenvalue weighted by molar-refractivity contribution is 0.0825. The fraction of sp³-hybridized carbons (Fsp3) is 0.750. The van der Waals surface area contributed by atoms with Crippen LogP contribution in [-0.2, 0) is 0 Å². The van der Waals surface area contributed by atoms with E-state index in [-0.39, 0.29) is 12.1 Å². The minimum atomic E-state index is 0.278. The number of phenolic OH excluding ortho intramolecular Hbond substituents is 2. The molecular weight excluding hydrogens is 637 g/mol. The van der Waals surface area contributed by atoms with Crippen molar-refractivity contribution in [2.75, 3.05) is 26.2 Å². The molecule has 0 aromatic heterocycles. The fourth-order valence-electron chi connectivity index (χ4n) is 8.55. The molecule has 0 aliphatic rings. The topological polar surface area (TPSA) is 46.9 Å². The number of phenols is 2. The van der Waals surface area contributed by atoms with Crippen molar-refractivity contribution in [3.8, 4) is 11.5 Å². The van der Waals surface area contributed by atoms with E-state index in [1.807, 2.05) is 12.1 Å². The Bertz CT molecular complexity index is 1060. The van der Waals surface area contributed by atoms with E-state index in [1.165, 1.54) is 114 Å². The van der Waals surface area contributed by atoms with Crippen LogP contribution < -0.4 is 0 Å². The summed E-state index contributed by atoms with van der Waals surface area (Å²) in [5.41, 5.74) is 2.55. The summed E-state index contributed by atoms with van der Waals surface area (Å²) >= 11 is 0. The van der Waals surface area contributed by atoms with E-state index in [0.29, 0.717) is 35.2 Å². The predicted octanol–water partition coefficient (Wildman–Crippen LogP) is 14.1. The van der Waals surface area contributed by atoms with Crippen LogP contribution in [0.2, 0.25) is 0 Å². The molecule has 0 spiro atoms. The third-order valence-corrected chi connectivity index (χ3v) is 12.3. The lowest BCUT2D eigenvalue weighted by Gasteiger charge is -2.41. The molecule has 0 amide bonds. The lowest BCUT2D eigenvalue weighted by Crippen LogP contribution is -2.43. The number of aromatic hydroxyl groups is 2. The summed E-state index contributed by atoms with van der Waals surface area (Å²) in [6.45, 7) is 23.1. The maximum absolute atomic E-state index is 10.8. The summed E-state index contributed by atoms with van der Waals surface area (Å²) in [6.07, 6.45) is 22.3. The molecule has 0 fully saturated rings. The molecule has 4 heteroatoms. The number of benzene rings is 2. The van der Waals surface area contributed by atoms with Crippen molar-refractivity contribution >= 4 is 0 Å². The molecule has 6 atom stereocenters. The maximum Gasteiger partial charge on any atom is 0.115 e. The van der Waals surface area contributed by atoms with Gasteiger partial charge >= 0.3 is 0 Å². The number of nitrogens with zero attached hydrogens (tertiary/aromatic N) is 2. The van der Waals surface area contributed by atoms with Gasteiger partial charge in [0.15, 0.2) is 0 Å². The van der Waals surface area contributed by atoms with Crippen LogP contribution in [0.3, 0.4) is 0 Å². The molecule has 0 aliphatic carbocycles. The Morgan fingerprint density at radius 3 is 1.08 bits per heavy atom. The van der Waals surface area contributed by atoms with Gasteiger partial charge in [-0.1, -0.05) is 170 Å². The van der Waals surface area contributed by atoms with E-state index in [4.69, 9.17) is 0 Å². The average Bonchev–Trinajstić information content (AvgIpc) is 3.16. The molecule has 2 N–H and O–H groups in total. The average molecular weight is 721 g/mol. The highest BCUT2D eigenvalue weighted by atomic mass is 16.3. The third kappa shape index (κ3) is 17.0. The van der Waals surface area contributed by atoms with Crippen molar-refractivity contribution in [3.05, 3.63) is 59.7 Å². The molecule has 0 radical (unpaired) electrons. The van der Waals surface area contributed by atoms with Crippen molar-refractivity contribution in [1.82, 2.24) is 9.80 Å². The monoisotopic (exact) mass is 721 g/mol.